The SMILES string of the molecule is Cc1ncoc1COc1ccc2c(c1Br)CCN(CC(O)CNC(=O)c1cccc(NC3COC3)c1)C2. The molecule has 3 aromatic rings. The van der Waals surface area contributed by atoms with Gasteiger partial charge in [-0.15, -0.1) is 0 Å². The quantitative estimate of drug-likeness (QED) is 0.341. The van der Waals surface area contributed by atoms with Gasteiger partial charge in [0.2, 0.25) is 0 Å². The molecule has 0 saturated carbocycles. The molecule has 0 spiro atoms. The number of β-amino-alcohol motifs (C(OH)–C–C–N with tert-alkyl or cyclic N) is 1. The number of nitrogens with one attached hydrogen (secondary N) is 2. The lowest BCUT2D eigenvalue weighted by atomic mass is 9.99. The summed E-state index contributed by atoms with van der Waals surface area (Å²) in [5, 5.41) is 16.8. The lowest BCUT2D eigenvalue weighted by Crippen LogP contribution is -2.42. The molecule has 37 heavy (non-hydrogen) atoms. The minimum Gasteiger partial charge on any atom is -0.484 e. The maximum absolute atomic E-state index is 12.6. The molecule has 1 aromatic heterocycles. The van der Waals surface area contributed by atoms with Crippen LogP contribution in [0.25, 0.3) is 0 Å². The van der Waals surface area contributed by atoms with Crippen molar-refractivity contribution in [1.82, 2.24) is 15.2 Å². The second-order valence-electron chi connectivity index (χ2n) is 9.47. The number of anilines is 1. The monoisotopic (exact) mass is 570 g/mol. The molecule has 10 heteroatoms. The fourth-order valence-corrected chi connectivity index (χ4v) is 5.20. The van der Waals surface area contributed by atoms with Crippen molar-refractivity contribution in [3.05, 3.63) is 75.4 Å². The van der Waals surface area contributed by atoms with Crippen LogP contribution in [0, 0.1) is 6.92 Å². The third-order valence-electron chi connectivity index (χ3n) is 6.68. The van der Waals surface area contributed by atoms with Crippen LogP contribution in [0.5, 0.6) is 5.75 Å². The molecule has 5 rings (SSSR count). The molecule has 0 bridgehead atoms. The largest absolute Gasteiger partial charge is 0.484 e. The molecular weight excluding hydrogens is 540 g/mol. The minimum absolute atomic E-state index is 0.188. The smallest absolute Gasteiger partial charge is 0.251 e. The molecule has 0 radical (unpaired) electrons. The van der Waals surface area contributed by atoms with Crippen LogP contribution < -0.4 is 15.4 Å². The lowest BCUT2D eigenvalue weighted by Gasteiger charge is -2.31. The van der Waals surface area contributed by atoms with Gasteiger partial charge in [0.15, 0.2) is 12.2 Å². The van der Waals surface area contributed by atoms with Crippen molar-refractivity contribution in [2.75, 3.05) is 38.2 Å². The number of benzene rings is 2. The van der Waals surface area contributed by atoms with Crippen LogP contribution in [-0.4, -0.2) is 65.9 Å². The van der Waals surface area contributed by atoms with Gasteiger partial charge >= 0.3 is 0 Å². The number of carbonyl (C=O) groups is 1. The standard InChI is InChI=1S/C27H31BrN4O5/c1-17-25(37-16-30-17)15-36-24-6-5-19-11-32(8-7-23(19)26(24)28)12-22(33)10-29-27(34)18-3-2-4-20(9-18)31-21-13-35-14-21/h2-6,9,16,21-22,31,33H,7-8,10-15H2,1H3,(H,29,34). The van der Waals surface area contributed by atoms with Gasteiger partial charge in [0.1, 0.15) is 12.4 Å². The number of aliphatic hydroxyl groups excluding tert-OH is 1. The van der Waals surface area contributed by atoms with Crippen LogP contribution in [0.15, 0.2) is 51.7 Å². The summed E-state index contributed by atoms with van der Waals surface area (Å²) < 4.78 is 17.5. The van der Waals surface area contributed by atoms with Gasteiger partial charge < -0.3 is 29.6 Å². The highest BCUT2D eigenvalue weighted by Gasteiger charge is 2.23. The van der Waals surface area contributed by atoms with Gasteiger partial charge in [0, 0.05) is 37.4 Å². The maximum atomic E-state index is 12.6. The van der Waals surface area contributed by atoms with E-state index < -0.39 is 6.10 Å². The Bertz CT molecular complexity index is 1250. The number of fused-ring (bicyclic) bond motifs is 1. The Morgan fingerprint density at radius 2 is 2.19 bits per heavy atom. The van der Waals surface area contributed by atoms with Crippen molar-refractivity contribution in [3.8, 4) is 5.75 Å². The van der Waals surface area contributed by atoms with Crippen LogP contribution in [-0.2, 0) is 24.3 Å². The van der Waals surface area contributed by atoms with E-state index in [4.69, 9.17) is 13.9 Å². The lowest BCUT2D eigenvalue weighted by molar-refractivity contribution is 0.0211. The van der Waals surface area contributed by atoms with E-state index in [1.54, 1.807) is 6.07 Å². The summed E-state index contributed by atoms with van der Waals surface area (Å²) in [5.74, 6) is 1.28. The topological polar surface area (TPSA) is 109 Å². The van der Waals surface area contributed by atoms with Gasteiger partial charge in [-0.05, 0) is 64.7 Å². The number of halogens is 1. The van der Waals surface area contributed by atoms with E-state index in [9.17, 15) is 9.90 Å². The van der Waals surface area contributed by atoms with E-state index in [1.807, 2.05) is 31.2 Å². The number of hydrogen-bond acceptors (Lipinski definition) is 8. The predicted molar refractivity (Wildman–Crippen MR) is 142 cm³/mol. The summed E-state index contributed by atoms with van der Waals surface area (Å²) in [5.41, 5.74) is 4.68. The molecule has 3 N–H and O–H groups in total. The summed E-state index contributed by atoms with van der Waals surface area (Å²) in [6, 6.07) is 11.7. The number of aromatic nitrogens is 1. The van der Waals surface area contributed by atoms with E-state index in [1.165, 1.54) is 17.5 Å². The fourth-order valence-electron chi connectivity index (χ4n) is 4.50. The van der Waals surface area contributed by atoms with Crippen molar-refractivity contribution in [1.29, 1.82) is 0 Å². The third kappa shape index (κ3) is 6.32. The Morgan fingerprint density at radius 3 is 2.95 bits per heavy atom. The summed E-state index contributed by atoms with van der Waals surface area (Å²) in [7, 11) is 0. The van der Waals surface area contributed by atoms with Crippen molar-refractivity contribution in [2.45, 2.75) is 38.6 Å². The minimum atomic E-state index is -0.671. The average Bonchev–Trinajstić information content (AvgIpc) is 3.29. The first-order valence-corrected chi connectivity index (χ1v) is 13.2. The van der Waals surface area contributed by atoms with Gasteiger partial charge in [-0.1, -0.05) is 12.1 Å². The van der Waals surface area contributed by atoms with Gasteiger partial charge in [0.05, 0.1) is 35.5 Å². The molecule has 1 atom stereocenters. The van der Waals surface area contributed by atoms with Crippen molar-refractivity contribution >= 4 is 27.5 Å². The number of aryl methyl sites for hydroxylation is 1. The number of nitrogens with zero attached hydrogens (tertiary/aromatic N) is 2. The summed E-state index contributed by atoms with van der Waals surface area (Å²) in [4.78, 5) is 18.9. The van der Waals surface area contributed by atoms with Crippen molar-refractivity contribution in [3.63, 3.8) is 0 Å². The molecule has 196 valence electrons. The number of carbonyl (C=O) groups excluding carboxylic acids is 1. The van der Waals surface area contributed by atoms with E-state index >= 15 is 0 Å². The Kier molecular flexibility index (Phi) is 8.09. The Balaban J connectivity index is 1.10. The van der Waals surface area contributed by atoms with Crippen LogP contribution in [0.1, 0.15) is 32.9 Å². The van der Waals surface area contributed by atoms with Gasteiger partial charge in [0.25, 0.3) is 5.91 Å². The molecule has 2 aliphatic heterocycles. The highest BCUT2D eigenvalue weighted by molar-refractivity contribution is 9.10. The second-order valence-corrected chi connectivity index (χ2v) is 10.3. The van der Waals surface area contributed by atoms with Crippen LogP contribution >= 0.6 is 15.9 Å². The van der Waals surface area contributed by atoms with E-state index in [-0.39, 0.29) is 18.5 Å². The van der Waals surface area contributed by atoms with Crippen molar-refractivity contribution in [2.24, 2.45) is 0 Å². The fraction of sp³-hybridized carbons (Fsp3) is 0.407. The van der Waals surface area contributed by atoms with Gasteiger partial charge in [-0.25, -0.2) is 4.98 Å². The zero-order valence-electron chi connectivity index (χ0n) is 20.7. The highest BCUT2D eigenvalue weighted by atomic mass is 79.9. The Hall–Kier alpha value is -2.92. The first-order valence-electron chi connectivity index (χ1n) is 12.4. The molecule has 1 amide bonds. The average molecular weight is 571 g/mol. The Labute approximate surface area is 224 Å². The number of aliphatic hydroxyl groups is 1. The van der Waals surface area contributed by atoms with Gasteiger partial charge in [-0.2, -0.15) is 0 Å². The third-order valence-corrected chi connectivity index (χ3v) is 7.55. The molecule has 2 aliphatic rings. The van der Waals surface area contributed by atoms with Crippen LogP contribution in [0.4, 0.5) is 5.69 Å². The zero-order valence-corrected chi connectivity index (χ0v) is 22.3. The summed E-state index contributed by atoms with van der Waals surface area (Å²) >= 11 is 3.71. The van der Waals surface area contributed by atoms with Crippen LogP contribution in [0.2, 0.25) is 0 Å². The molecular formula is C27H31BrN4O5. The normalized spacial score (nSPS) is 16.5. The van der Waals surface area contributed by atoms with Crippen molar-refractivity contribution < 1.29 is 23.8 Å². The maximum Gasteiger partial charge on any atom is 0.251 e. The number of rotatable bonds is 10. The van der Waals surface area contributed by atoms with Gasteiger partial charge in [-0.3, -0.25) is 9.69 Å². The van der Waals surface area contributed by atoms with Crippen LogP contribution in [0.3, 0.4) is 0 Å². The highest BCUT2D eigenvalue weighted by Crippen LogP contribution is 2.35. The molecule has 9 nitrogen and oxygen atoms in total. The molecule has 0 aliphatic carbocycles. The first-order chi connectivity index (χ1) is 18.0. The molecule has 2 aromatic carbocycles. The summed E-state index contributed by atoms with van der Waals surface area (Å²) in [6.45, 7) is 5.76. The number of ether oxygens (including phenoxy) is 2. The predicted octanol–water partition coefficient (Wildman–Crippen LogP) is 3.28. The summed E-state index contributed by atoms with van der Waals surface area (Å²) in [6.07, 6.45) is 1.58. The first kappa shape index (κ1) is 25.7. The van der Waals surface area contributed by atoms with E-state index in [0.29, 0.717) is 37.7 Å². The molecule has 3 heterocycles. The molecule has 1 fully saturated rings. The number of hydrogen-bond donors (Lipinski definition) is 3. The van der Waals surface area contributed by atoms with E-state index in [2.05, 4.69) is 42.5 Å². The molecule has 1 unspecified atom stereocenters. The molecule has 1 saturated heterocycles. The number of oxazole rings is 1. The zero-order chi connectivity index (χ0) is 25.8. The second kappa shape index (κ2) is 11.6. The Morgan fingerprint density at radius 1 is 1.32 bits per heavy atom. The number of amides is 1. The van der Waals surface area contributed by atoms with E-state index in [0.717, 1.165) is 41.1 Å².